The predicted octanol–water partition coefficient (Wildman–Crippen LogP) is 2.92. The van der Waals surface area contributed by atoms with Crippen LogP contribution in [0, 0.1) is 13.8 Å². The molecule has 0 aliphatic heterocycles. The quantitative estimate of drug-likeness (QED) is 0.562. The van der Waals surface area contributed by atoms with Crippen LogP contribution in [0.5, 0.6) is 11.5 Å². The fourth-order valence-corrected chi connectivity index (χ4v) is 4.10. The number of nitrogens with zero attached hydrogens (tertiary/aromatic N) is 2. The minimum absolute atomic E-state index is 0.107. The fourth-order valence-electron chi connectivity index (χ4n) is 3.03. The van der Waals surface area contributed by atoms with E-state index in [9.17, 15) is 13.2 Å². The van der Waals surface area contributed by atoms with Gasteiger partial charge in [0.25, 0.3) is 0 Å². The van der Waals surface area contributed by atoms with Gasteiger partial charge in [-0.1, -0.05) is 23.4 Å². The maximum Gasteiger partial charge on any atom is 0.242 e. The highest BCUT2D eigenvalue weighted by atomic mass is 32.2. The monoisotopic (exact) mass is 445 g/mol. The number of methoxy groups -OCH3 is 2. The Morgan fingerprint density at radius 2 is 1.74 bits per heavy atom. The minimum Gasteiger partial charge on any atom is -0.493 e. The van der Waals surface area contributed by atoms with Crippen molar-refractivity contribution in [3.05, 3.63) is 53.4 Å². The second-order valence-corrected chi connectivity index (χ2v) is 8.99. The molecule has 0 atom stereocenters. The molecule has 164 valence electrons. The second kappa shape index (κ2) is 9.17. The van der Waals surface area contributed by atoms with Crippen LogP contribution in [-0.4, -0.2) is 44.4 Å². The third kappa shape index (κ3) is 5.40. The summed E-state index contributed by atoms with van der Waals surface area (Å²) in [5, 5.41) is 6.49. The number of rotatable bonds is 8. The Kier molecular flexibility index (Phi) is 6.59. The lowest BCUT2D eigenvalue weighted by Crippen LogP contribution is -2.24. The van der Waals surface area contributed by atoms with Crippen molar-refractivity contribution in [3.63, 3.8) is 0 Å². The zero-order chi connectivity index (χ0) is 22.6. The van der Waals surface area contributed by atoms with E-state index in [0.717, 1.165) is 11.1 Å². The summed E-state index contributed by atoms with van der Waals surface area (Å²) in [4.78, 5) is 16.4. The average molecular weight is 445 g/mol. The number of carbonyl (C=O) groups is 1. The maximum absolute atomic E-state index is 12.5. The number of hydrogen-bond donors (Lipinski definition) is 1. The highest BCUT2D eigenvalue weighted by molar-refractivity contribution is 7.91. The molecule has 9 nitrogen and oxygen atoms in total. The summed E-state index contributed by atoms with van der Waals surface area (Å²) in [5.41, 5.74) is 2.87. The molecule has 0 aliphatic rings. The zero-order valence-electron chi connectivity index (χ0n) is 17.6. The molecule has 0 aliphatic carbocycles. The number of para-hydroxylation sites is 1. The average Bonchev–Trinajstić information content (AvgIpc) is 3.17. The number of aryl methyl sites for hydroxylation is 2. The number of sulfone groups is 1. The van der Waals surface area contributed by atoms with Gasteiger partial charge < -0.3 is 19.3 Å². The smallest absolute Gasteiger partial charge is 0.242 e. The summed E-state index contributed by atoms with van der Waals surface area (Å²) in [6, 6.07) is 10.6. The van der Waals surface area contributed by atoms with Crippen molar-refractivity contribution in [3.8, 4) is 22.9 Å². The molecule has 1 N–H and O–H groups in total. The van der Waals surface area contributed by atoms with Gasteiger partial charge in [0.05, 0.1) is 14.2 Å². The van der Waals surface area contributed by atoms with Gasteiger partial charge in [-0.2, -0.15) is 4.98 Å². The van der Waals surface area contributed by atoms with Gasteiger partial charge in [-0.3, -0.25) is 4.79 Å². The molecule has 10 heteroatoms. The molecule has 1 aromatic heterocycles. The van der Waals surface area contributed by atoms with Crippen LogP contribution in [0.1, 0.15) is 17.0 Å². The molecule has 0 bridgehead atoms. The van der Waals surface area contributed by atoms with E-state index in [4.69, 9.17) is 14.0 Å². The molecule has 0 fully saturated rings. The number of ether oxygens (including phenoxy) is 2. The van der Waals surface area contributed by atoms with Gasteiger partial charge in [-0.05, 0) is 43.2 Å². The third-order valence-electron chi connectivity index (χ3n) is 4.55. The van der Waals surface area contributed by atoms with Gasteiger partial charge in [0.2, 0.25) is 17.6 Å². The molecule has 31 heavy (non-hydrogen) atoms. The first-order valence-electron chi connectivity index (χ1n) is 9.34. The predicted molar refractivity (Wildman–Crippen MR) is 115 cm³/mol. The van der Waals surface area contributed by atoms with E-state index in [0.29, 0.717) is 22.7 Å². The van der Waals surface area contributed by atoms with Gasteiger partial charge in [0, 0.05) is 11.3 Å². The minimum atomic E-state index is -3.82. The maximum atomic E-state index is 12.5. The molecular formula is C21H23N3O6S. The van der Waals surface area contributed by atoms with E-state index in [1.54, 1.807) is 18.2 Å². The SMILES string of the molecule is COc1ccc(-c2noc(CS(=O)(=O)CC(=O)Nc3c(C)cccc3C)n2)cc1OC. The lowest BCUT2D eigenvalue weighted by molar-refractivity contribution is -0.113. The molecule has 1 heterocycles. The van der Waals surface area contributed by atoms with Crippen LogP contribution in [0.4, 0.5) is 5.69 Å². The van der Waals surface area contributed by atoms with Crippen LogP contribution in [-0.2, 0) is 20.4 Å². The molecule has 0 saturated carbocycles. The zero-order valence-corrected chi connectivity index (χ0v) is 18.4. The summed E-state index contributed by atoms with van der Waals surface area (Å²) in [6.07, 6.45) is 0. The Labute approximate surface area is 180 Å². The molecule has 0 unspecified atom stereocenters. The first kappa shape index (κ1) is 22.3. The van der Waals surface area contributed by atoms with Crippen molar-refractivity contribution in [2.45, 2.75) is 19.6 Å². The number of anilines is 1. The molecule has 3 aromatic rings. The van der Waals surface area contributed by atoms with Crippen LogP contribution in [0.3, 0.4) is 0 Å². The first-order valence-corrected chi connectivity index (χ1v) is 11.2. The van der Waals surface area contributed by atoms with E-state index in [2.05, 4.69) is 15.5 Å². The third-order valence-corrected chi connectivity index (χ3v) is 5.94. The lowest BCUT2D eigenvalue weighted by Gasteiger charge is -2.11. The van der Waals surface area contributed by atoms with Gasteiger partial charge in [0.15, 0.2) is 21.3 Å². The summed E-state index contributed by atoms with van der Waals surface area (Å²) in [5.74, 6) is -0.773. The van der Waals surface area contributed by atoms with E-state index < -0.39 is 27.3 Å². The highest BCUT2D eigenvalue weighted by Gasteiger charge is 2.22. The van der Waals surface area contributed by atoms with E-state index in [1.165, 1.54) is 14.2 Å². The van der Waals surface area contributed by atoms with Crippen molar-refractivity contribution in [2.24, 2.45) is 0 Å². The largest absolute Gasteiger partial charge is 0.493 e. The summed E-state index contributed by atoms with van der Waals surface area (Å²) in [7, 11) is -0.806. The number of aromatic nitrogens is 2. The first-order chi connectivity index (χ1) is 14.7. The van der Waals surface area contributed by atoms with Crippen molar-refractivity contribution in [1.82, 2.24) is 10.1 Å². The lowest BCUT2D eigenvalue weighted by atomic mass is 10.1. The molecule has 3 rings (SSSR count). The van der Waals surface area contributed by atoms with Gasteiger partial charge >= 0.3 is 0 Å². The molecule has 2 aromatic carbocycles. The van der Waals surface area contributed by atoms with E-state index in [1.807, 2.05) is 32.0 Å². The Morgan fingerprint density at radius 1 is 1.06 bits per heavy atom. The van der Waals surface area contributed by atoms with E-state index in [-0.39, 0.29) is 11.7 Å². The molecule has 0 spiro atoms. The Morgan fingerprint density at radius 3 is 2.39 bits per heavy atom. The number of nitrogens with one attached hydrogen (secondary N) is 1. The molecular weight excluding hydrogens is 422 g/mol. The van der Waals surface area contributed by atoms with Crippen LogP contribution in [0.15, 0.2) is 40.9 Å². The normalized spacial score (nSPS) is 11.2. The van der Waals surface area contributed by atoms with Crippen LogP contribution in [0.25, 0.3) is 11.4 Å². The Bertz CT molecular complexity index is 1180. The van der Waals surface area contributed by atoms with Gasteiger partial charge in [-0.25, -0.2) is 8.42 Å². The Hall–Kier alpha value is -3.40. The molecule has 0 saturated heterocycles. The number of amides is 1. The molecule has 0 radical (unpaired) electrons. The van der Waals surface area contributed by atoms with Gasteiger partial charge in [0.1, 0.15) is 11.5 Å². The second-order valence-electron chi connectivity index (χ2n) is 6.93. The number of hydrogen-bond acceptors (Lipinski definition) is 8. The summed E-state index contributed by atoms with van der Waals surface area (Å²) < 4.78 is 40.5. The van der Waals surface area contributed by atoms with E-state index >= 15 is 0 Å². The summed E-state index contributed by atoms with van der Waals surface area (Å²) >= 11 is 0. The summed E-state index contributed by atoms with van der Waals surface area (Å²) in [6.45, 7) is 3.68. The van der Waals surface area contributed by atoms with Crippen LogP contribution >= 0.6 is 0 Å². The fraction of sp³-hybridized carbons (Fsp3) is 0.286. The van der Waals surface area contributed by atoms with Crippen molar-refractivity contribution in [1.29, 1.82) is 0 Å². The van der Waals surface area contributed by atoms with Crippen LogP contribution < -0.4 is 14.8 Å². The van der Waals surface area contributed by atoms with Crippen molar-refractivity contribution < 1.29 is 27.2 Å². The van der Waals surface area contributed by atoms with Gasteiger partial charge in [-0.15, -0.1) is 0 Å². The number of benzene rings is 2. The Balaban J connectivity index is 1.70. The van der Waals surface area contributed by atoms with Crippen molar-refractivity contribution >= 4 is 21.4 Å². The molecule has 1 amide bonds. The highest BCUT2D eigenvalue weighted by Crippen LogP contribution is 2.31. The number of carbonyl (C=O) groups excluding carboxylic acids is 1. The topological polar surface area (TPSA) is 121 Å². The standard InChI is InChI=1S/C21H23N3O6S/c1-13-6-5-7-14(2)20(13)22-18(25)11-31(26,27)12-19-23-21(24-30-19)15-8-9-16(28-3)17(10-15)29-4/h5-10H,11-12H2,1-4H3,(H,22,25). The van der Waals surface area contributed by atoms with Crippen molar-refractivity contribution in [2.75, 3.05) is 25.3 Å². The van der Waals surface area contributed by atoms with Crippen LogP contribution in [0.2, 0.25) is 0 Å².